The second kappa shape index (κ2) is 8.06. The smallest absolute Gasteiger partial charge is 0.319 e. The lowest BCUT2D eigenvalue weighted by molar-refractivity contribution is -0.127. The van der Waals surface area contributed by atoms with Crippen molar-refractivity contribution in [1.82, 2.24) is 15.1 Å². The molecule has 0 bridgehead atoms. The van der Waals surface area contributed by atoms with Crippen molar-refractivity contribution in [3.8, 4) is 11.5 Å². The molecule has 2 aliphatic rings. The summed E-state index contributed by atoms with van der Waals surface area (Å²) in [4.78, 5) is 27.3. The van der Waals surface area contributed by atoms with E-state index in [0.717, 1.165) is 17.7 Å². The number of carbonyl (C=O) groups excluding carboxylic acids is 2. The number of amides is 3. The molecule has 2 heterocycles. The lowest BCUT2D eigenvalue weighted by Crippen LogP contribution is -2.39. The fraction of sp³-hybridized carbons (Fsp3) is 0.529. The first kappa shape index (κ1) is 17.3. The van der Waals surface area contributed by atoms with E-state index in [2.05, 4.69) is 5.32 Å². The van der Waals surface area contributed by atoms with Crippen LogP contribution in [0.3, 0.4) is 0 Å². The summed E-state index contributed by atoms with van der Waals surface area (Å²) < 4.78 is 16.2. The number of nitrogens with zero attached hydrogens (tertiary/aromatic N) is 2. The standard InChI is InChI=1S/C17H23N3O5/c1-23-8-5-19-12-20(11-16(19)21)17(22)18-10-13-3-4-14-15(9-13)25-7-2-6-24-14/h3-4,9H,2,5-8,10-12H2,1H3,(H,18,22). The van der Waals surface area contributed by atoms with Gasteiger partial charge in [-0.25, -0.2) is 4.79 Å². The number of methoxy groups -OCH3 is 1. The quantitative estimate of drug-likeness (QED) is 0.851. The van der Waals surface area contributed by atoms with Crippen molar-refractivity contribution in [2.45, 2.75) is 13.0 Å². The van der Waals surface area contributed by atoms with E-state index in [9.17, 15) is 9.59 Å². The predicted octanol–water partition coefficient (Wildman–Crippen LogP) is 0.806. The van der Waals surface area contributed by atoms with Crippen LogP contribution in [0.25, 0.3) is 0 Å². The molecule has 0 saturated carbocycles. The summed E-state index contributed by atoms with van der Waals surface area (Å²) in [6.07, 6.45) is 0.851. The number of benzene rings is 1. The molecular weight excluding hydrogens is 326 g/mol. The van der Waals surface area contributed by atoms with Gasteiger partial charge in [0.15, 0.2) is 11.5 Å². The van der Waals surface area contributed by atoms with E-state index in [0.29, 0.717) is 38.7 Å². The highest BCUT2D eigenvalue weighted by molar-refractivity contribution is 5.87. The van der Waals surface area contributed by atoms with Gasteiger partial charge in [0.1, 0.15) is 6.54 Å². The largest absolute Gasteiger partial charge is 0.490 e. The molecule has 3 rings (SSSR count). The molecule has 0 aromatic heterocycles. The third-order valence-electron chi connectivity index (χ3n) is 4.13. The number of urea groups is 1. The molecule has 8 nitrogen and oxygen atoms in total. The molecule has 0 radical (unpaired) electrons. The summed E-state index contributed by atoms with van der Waals surface area (Å²) in [5.41, 5.74) is 0.916. The van der Waals surface area contributed by atoms with Gasteiger partial charge in [0.25, 0.3) is 0 Å². The minimum Gasteiger partial charge on any atom is -0.490 e. The summed E-state index contributed by atoms with van der Waals surface area (Å²) in [7, 11) is 1.58. The van der Waals surface area contributed by atoms with Crippen LogP contribution in [0.2, 0.25) is 0 Å². The van der Waals surface area contributed by atoms with Gasteiger partial charge >= 0.3 is 6.03 Å². The second-order valence-electron chi connectivity index (χ2n) is 5.98. The van der Waals surface area contributed by atoms with Gasteiger partial charge in [-0.1, -0.05) is 6.07 Å². The summed E-state index contributed by atoms with van der Waals surface area (Å²) in [5, 5.41) is 2.84. The van der Waals surface area contributed by atoms with E-state index >= 15 is 0 Å². The van der Waals surface area contributed by atoms with E-state index in [1.165, 1.54) is 4.90 Å². The Kier molecular flexibility index (Phi) is 5.60. The maximum Gasteiger partial charge on any atom is 0.319 e. The molecule has 3 amide bonds. The Bertz CT molecular complexity index is 637. The van der Waals surface area contributed by atoms with Crippen LogP contribution in [-0.4, -0.2) is 68.4 Å². The molecule has 1 fully saturated rings. The Morgan fingerprint density at radius 1 is 1.28 bits per heavy atom. The topological polar surface area (TPSA) is 80.3 Å². The first-order valence-electron chi connectivity index (χ1n) is 8.35. The van der Waals surface area contributed by atoms with Gasteiger partial charge in [0.05, 0.1) is 26.5 Å². The van der Waals surface area contributed by atoms with Crippen molar-refractivity contribution in [3.63, 3.8) is 0 Å². The van der Waals surface area contributed by atoms with Crippen molar-refractivity contribution >= 4 is 11.9 Å². The number of fused-ring (bicyclic) bond motifs is 1. The average molecular weight is 349 g/mol. The molecule has 2 aliphatic heterocycles. The molecule has 1 N–H and O–H groups in total. The van der Waals surface area contributed by atoms with Gasteiger partial charge in [0, 0.05) is 26.6 Å². The van der Waals surface area contributed by atoms with E-state index in [1.807, 2.05) is 18.2 Å². The molecule has 0 unspecified atom stereocenters. The summed E-state index contributed by atoms with van der Waals surface area (Å²) in [6.45, 7) is 2.95. The molecule has 1 aromatic carbocycles. The van der Waals surface area contributed by atoms with Crippen LogP contribution in [0, 0.1) is 0 Å². The van der Waals surface area contributed by atoms with Crippen LogP contribution in [0.15, 0.2) is 18.2 Å². The Morgan fingerprint density at radius 3 is 2.88 bits per heavy atom. The molecular formula is C17H23N3O5. The number of hydrogen-bond acceptors (Lipinski definition) is 5. The van der Waals surface area contributed by atoms with E-state index in [-0.39, 0.29) is 25.2 Å². The molecule has 0 atom stereocenters. The van der Waals surface area contributed by atoms with Crippen molar-refractivity contribution in [2.75, 3.05) is 46.7 Å². The third kappa shape index (κ3) is 4.33. The molecule has 1 saturated heterocycles. The zero-order chi connectivity index (χ0) is 17.6. The van der Waals surface area contributed by atoms with E-state index < -0.39 is 0 Å². The number of hydrogen-bond donors (Lipinski definition) is 1. The summed E-state index contributed by atoms with van der Waals surface area (Å²) in [6, 6.07) is 5.36. The van der Waals surface area contributed by atoms with Crippen LogP contribution in [0.4, 0.5) is 4.79 Å². The Labute approximate surface area is 146 Å². The minimum atomic E-state index is -0.264. The first-order valence-corrected chi connectivity index (χ1v) is 8.35. The van der Waals surface area contributed by atoms with Gasteiger partial charge in [-0.2, -0.15) is 0 Å². The Morgan fingerprint density at radius 2 is 2.08 bits per heavy atom. The van der Waals surface area contributed by atoms with Crippen LogP contribution < -0.4 is 14.8 Å². The zero-order valence-corrected chi connectivity index (χ0v) is 14.3. The van der Waals surface area contributed by atoms with Crippen molar-refractivity contribution < 1.29 is 23.8 Å². The minimum absolute atomic E-state index is 0.0669. The zero-order valence-electron chi connectivity index (χ0n) is 14.3. The maximum absolute atomic E-state index is 12.3. The van der Waals surface area contributed by atoms with Gasteiger partial charge in [-0.05, 0) is 17.7 Å². The molecule has 1 aromatic rings. The summed E-state index contributed by atoms with van der Waals surface area (Å²) >= 11 is 0. The number of rotatable bonds is 5. The first-order chi connectivity index (χ1) is 12.2. The van der Waals surface area contributed by atoms with Crippen LogP contribution in [-0.2, 0) is 16.1 Å². The molecule has 136 valence electrons. The predicted molar refractivity (Wildman–Crippen MR) is 89.4 cm³/mol. The van der Waals surface area contributed by atoms with Gasteiger partial charge < -0.3 is 24.4 Å². The highest BCUT2D eigenvalue weighted by atomic mass is 16.5. The average Bonchev–Trinajstić information content (AvgIpc) is 2.84. The number of carbonyl (C=O) groups is 2. The SMILES string of the molecule is COCCN1CN(C(=O)NCc2ccc3c(c2)OCCCO3)CC1=O. The molecule has 8 heteroatoms. The van der Waals surface area contributed by atoms with E-state index in [4.69, 9.17) is 14.2 Å². The number of nitrogens with one attached hydrogen (secondary N) is 1. The van der Waals surface area contributed by atoms with Crippen LogP contribution >= 0.6 is 0 Å². The normalized spacial score (nSPS) is 16.8. The molecule has 25 heavy (non-hydrogen) atoms. The lowest BCUT2D eigenvalue weighted by Gasteiger charge is -2.18. The maximum atomic E-state index is 12.3. The van der Waals surface area contributed by atoms with Crippen LogP contribution in [0.5, 0.6) is 11.5 Å². The number of ether oxygens (including phenoxy) is 3. The highest BCUT2D eigenvalue weighted by Gasteiger charge is 2.30. The highest BCUT2D eigenvalue weighted by Crippen LogP contribution is 2.30. The van der Waals surface area contributed by atoms with Crippen molar-refractivity contribution in [1.29, 1.82) is 0 Å². The van der Waals surface area contributed by atoms with Gasteiger partial charge in [-0.15, -0.1) is 0 Å². The molecule has 0 aliphatic carbocycles. The van der Waals surface area contributed by atoms with Crippen LogP contribution in [0.1, 0.15) is 12.0 Å². The fourth-order valence-electron chi connectivity index (χ4n) is 2.74. The Hall–Kier alpha value is -2.48. The van der Waals surface area contributed by atoms with Crippen molar-refractivity contribution in [2.24, 2.45) is 0 Å². The van der Waals surface area contributed by atoms with Gasteiger partial charge in [-0.3, -0.25) is 9.69 Å². The monoisotopic (exact) mass is 349 g/mol. The summed E-state index contributed by atoms with van der Waals surface area (Å²) in [5.74, 6) is 1.36. The van der Waals surface area contributed by atoms with Crippen molar-refractivity contribution in [3.05, 3.63) is 23.8 Å². The lowest BCUT2D eigenvalue weighted by atomic mass is 10.2. The molecule has 0 spiro atoms. The van der Waals surface area contributed by atoms with E-state index in [1.54, 1.807) is 12.0 Å². The second-order valence-corrected chi connectivity index (χ2v) is 5.98. The third-order valence-corrected chi connectivity index (χ3v) is 4.13. The Balaban J connectivity index is 1.52. The fourth-order valence-corrected chi connectivity index (χ4v) is 2.74. The van der Waals surface area contributed by atoms with Gasteiger partial charge in [0.2, 0.25) is 5.91 Å².